The fourth-order valence-corrected chi connectivity index (χ4v) is 4.57. The molecule has 2 aromatic carbocycles. The Morgan fingerprint density at radius 1 is 1.07 bits per heavy atom. The molecule has 4 rings (SSSR count). The van der Waals surface area contributed by atoms with Crippen molar-refractivity contribution in [3.63, 3.8) is 0 Å². The molecule has 1 atom stereocenters. The highest BCUT2D eigenvalue weighted by atomic mass is 32.1. The fourth-order valence-electron chi connectivity index (χ4n) is 3.48. The van der Waals surface area contributed by atoms with Gasteiger partial charge in [0.15, 0.2) is 0 Å². The summed E-state index contributed by atoms with van der Waals surface area (Å²) in [5, 5.41) is 11.4. The zero-order valence-corrected chi connectivity index (χ0v) is 15.8. The monoisotopic (exact) mass is 419 g/mol. The van der Waals surface area contributed by atoms with Crippen LogP contribution < -0.4 is 4.74 Å². The molecule has 1 unspecified atom stereocenters. The number of fused-ring (bicyclic) bond motifs is 1. The second-order valence-electron chi connectivity index (χ2n) is 6.62. The third-order valence-electron chi connectivity index (χ3n) is 4.77. The first kappa shape index (κ1) is 19.3. The Kier molecular flexibility index (Phi) is 4.96. The van der Waals surface area contributed by atoms with Crippen LogP contribution in [0.3, 0.4) is 0 Å². The fraction of sp³-hybridized carbons (Fsp3) is 0.190. The Bertz CT molecular complexity index is 1010. The molecule has 150 valence electrons. The van der Waals surface area contributed by atoms with E-state index in [1.165, 1.54) is 35.6 Å². The molecule has 0 spiro atoms. The van der Waals surface area contributed by atoms with E-state index in [0.717, 1.165) is 10.4 Å². The van der Waals surface area contributed by atoms with Crippen LogP contribution in [-0.2, 0) is 6.42 Å². The Morgan fingerprint density at radius 3 is 2.41 bits per heavy atom. The normalized spacial score (nSPS) is 16.4. The summed E-state index contributed by atoms with van der Waals surface area (Å²) >= 11 is 1.52. The molecule has 29 heavy (non-hydrogen) atoms. The first-order valence-corrected chi connectivity index (χ1v) is 9.72. The number of rotatable bonds is 3. The van der Waals surface area contributed by atoms with Crippen LogP contribution in [0.1, 0.15) is 32.4 Å². The quantitative estimate of drug-likeness (QED) is 0.640. The van der Waals surface area contributed by atoms with E-state index in [1.54, 1.807) is 29.2 Å². The van der Waals surface area contributed by atoms with Gasteiger partial charge in [0.25, 0.3) is 5.91 Å². The van der Waals surface area contributed by atoms with Gasteiger partial charge in [-0.15, -0.1) is 24.5 Å². The second-order valence-corrected chi connectivity index (χ2v) is 7.57. The highest BCUT2D eigenvalue weighted by Gasteiger charge is 2.34. The first-order valence-electron chi connectivity index (χ1n) is 8.84. The van der Waals surface area contributed by atoms with Crippen molar-refractivity contribution in [2.24, 2.45) is 0 Å². The van der Waals surface area contributed by atoms with Crippen LogP contribution in [0.25, 0.3) is 0 Å². The van der Waals surface area contributed by atoms with Crippen molar-refractivity contribution < 1.29 is 27.8 Å². The third kappa shape index (κ3) is 4.07. The number of alkyl halides is 3. The molecule has 3 aromatic rings. The van der Waals surface area contributed by atoms with Gasteiger partial charge in [0.1, 0.15) is 11.5 Å². The summed E-state index contributed by atoms with van der Waals surface area (Å²) in [4.78, 5) is 15.9. The molecular formula is C21H16F3NO3S. The van der Waals surface area contributed by atoms with Crippen molar-refractivity contribution in [2.75, 3.05) is 6.54 Å². The standard InChI is InChI=1S/C21H16F3NO3S/c22-21(23,24)28-17-7-3-13(4-8-17)18-19-14(10-12-29-19)9-11-25(18)20(27)15-1-5-16(26)6-2-15/h1-8,10,12,18,26H,9,11H2. The van der Waals surface area contributed by atoms with E-state index in [-0.39, 0.29) is 17.4 Å². The molecule has 1 N–H and O–H groups in total. The van der Waals surface area contributed by atoms with E-state index in [9.17, 15) is 23.1 Å². The summed E-state index contributed by atoms with van der Waals surface area (Å²) in [6, 6.07) is 13.2. The molecule has 1 aliphatic rings. The molecule has 0 saturated carbocycles. The third-order valence-corrected chi connectivity index (χ3v) is 5.78. The van der Waals surface area contributed by atoms with Gasteiger partial charge < -0.3 is 14.7 Å². The van der Waals surface area contributed by atoms with Crippen molar-refractivity contribution >= 4 is 17.2 Å². The Morgan fingerprint density at radius 2 is 1.76 bits per heavy atom. The van der Waals surface area contributed by atoms with Gasteiger partial charge in [0.2, 0.25) is 0 Å². The summed E-state index contributed by atoms with van der Waals surface area (Å²) in [6.07, 6.45) is -4.05. The maximum absolute atomic E-state index is 13.2. The van der Waals surface area contributed by atoms with Gasteiger partial charge in [-0.1, -0.05) is 12.1 Å². The van der Waals surface area contributed by atoms with Gasteiger partial charge in [0, 0.05) is 17.0 Å². The number of benzene rings is 2. The van der Waals surface area contributed by atoms with Crippen LogP contribution in [0.15, 0.2) is 60.0 Å². The average Bonchev–Trinajstić information content (AvgIpc) is 3.15. The van der Waals surface area contributed by atoms with Gasteiger partial charge in [-0.2, -0.15) is 0 Å². The SMILES string of the molecule is O=C(c1ccc(O)cc1)N1CCc2ccsc2C1c1ccc(OC(F)(F)F)cc1. The summed E-state index contributed by atoms with van der Waals surface area (Å²) in [7, 11) is 0. The zero-order chi connectivity index (χ0) is 20.6. The van der Waals surface area contributed by atoms with Gasteiger partial charge >= 0.3 is 6.36 Å². The van der Waals surface area contributed by atoms with Crippen LogP contribution in [0.2, 0.25) is 0 Å². The van der Waals surface area contributed by atoms with E-state index >= 15 is 0 Å². The van der Waals surface area contributed by atoms with Gasteiger partial charge in [-0.3, -0.25) is 4.79 Å². The minimum atomic E-state index is -4.76. The number of phenols is 1. The Balaban J connectivity index is 1.69. The molecule has 0 saturated heterocycles. The number of ether oxygens (including phenoxy) is 1. The summed E-state index contributed by atoms with van der Waals surface area (Å²) in [5.41, 5.74) is 2.27. The van der Waals surface area contributed by atoms with Crippen LogP contribution in [0.4, 0.5) is 13.2 Å². The number of halogens is 3. The number of carbonyl (C=O) groups is 1. The predicted octanol–water partition coefficient (Wildman–Crippen LogP) is 5.14. The average molecular weight is 419 g/mol. The van der Waals surface area contributed by atoms with Crippen molar-refractivity contribution in [2.45, 2.75) is 18.8 Å². The molecule has 1 aliphatic heterocycles. The lowest BCUT2D eigenvalue weighted by molar-refractivity contribution is -0.274. The second kappa shape index (κ2) is 7.44. The van der Waals surface area contributed by atoms with Crippen molar-refractivity contribution in [3.8, 4) is 11.5 Å². The lowest BCUT2D eigenvalue weighted by atomic mass is 9.94. The number of aromatic hydroxyl groups is 1. The number of phenolic OH excluding ortho intramolecular Hbond substituents is 1. The first-order chi connectivity index (χ1) is 13.8. The Hall–Kier alpha value is -3.00. The van der Waals surface area contributed by atoms with Crippen molar-refractivity contribution in [1.29, 1.82) is 0 Å². The van der Waals surface area contributed by atoms with Crippen LogP contribution >= 0.6 is 11.3 Å². The van der Waals surface area contributed by atoms with Gasteiger partial charge in [-0.25, -0.2) is 0 Å². The summed E-state index contributed by atoms with van der Waals surface area (Å²) < 4.78 is 41.3. The molecule has 4 nitrogen and oxygen atoms in total. The lowest BCUT2D eigenvalue weighted by Gasteiger charge is -2.36. The predicted molar refractivity (Wildman–Crippen MR) is 102 cm³/mol. The van der Waals surface area contributed by atoms with Crippen LogP contribution in [0, 0.1) is 0 Å². The Labute approximate surface area is 168 Å². The maximum atomic E-state index is 13.2. The smallest absolute Gasteiger partial charge is 0.508 e. The number of thiophene rings is 1. The van der Waals surface area contributed by atoms with Gasteiger partial charge in [0.05, 0.1) is 6.04 Å². The molecule has 1 aromatic heterocycles. The van der Waals surface area contributed by atoms with Crippen molar-refractivity contribution in [1.82, 2.24) is 4.90 Å². The largest absolute Gasteiger partial charge is 0.573 e. The molecular weight excluding hydrogens is 403 g/mol. The number of hydrogen-bond acceptors (Lipinski definition) is 4. The number of amides is 1. The summed E-state index contributed by atoms with van der Waals surface area (Å²) in [6.45, 7) is 0.481. The van der Waals surface area contributed by atoms with Crippen LogP contribution in [0.5, 0.6) is 11.5 Å². The van der Waals surface area contributed by atoms with Crippen molar-refractivity contribution in [3.05, 3.63) is 81.5 Å². The van der Waals surface area contributed by atoms with E-state index < -0.39 is 12.4 Å². The lowest BCUT2D eigenvalue weighted by Crippen LogP contribution is -2.40. The topological polar surface area (TPSA) is 49.8 Å². The molecule has 1 amide bonds. The highest BCUT2D eigenvalue weighted by Crippen LogP contribution is 2.40. The zero-order valence-electron chi connectivity index (χ0n) is 15.0. The van der Waals surface area contributed by atoms with E-state index in [1.807, 2.05) is 11.4 Å². The molecule has 0 bridgehead atoms. The molecule has 0 aliphatic carbocycles. The number of nitrogens with zero attached hydrogens (tertiary/aromatic N) is 1. The number of hydrogen-bond donors (Lipinski definition) is 1. The molecule has 8 heteroatoms. The summed E-state index contributed by atoms with van der Waals surface area (Å²) in [5.74, 6) is -0.443. The minimum Gasteiger partial charge on any atom is -0.508 e. The molecule has 2 heterocycles. The van der Waals surface area contributed by atoms with E-state index in [4.69, 9.17) is 0 Å². The molecule has 0 radical (unpaired) electrons. The molecule has 0 fully saturated rings. The van der Waals surface area contributed by atoms with Crippen LogP contribution in [-0.4, -0.2) is 28.8 Å². The van der Waals surface area contributed by atoms with E-state index in [2.05, 4.69) is 4.74 Å². The highest BCUT2D eigenvalue weighted by molar-refractivity contribution is 7.10. The van der Waals surface area contributed by atoms with E-state index in [0.29, 0.717) is 24.1 Å². The number of carbonyl (C=O) groups excluding carboxylic acids is 1. The van der Waals surface area contributed by atoms with Gasteiger partial charge in [-0.05, 0) is 65.4 Å². The minimum absolute atomic E-state index is 0.0672. The maximum Gasteiger partial charge on any atom is 0.573 e.